The van der Waals surface area contributed by atoms with E-state index in [1.807, 2.05) is 0 Å². The van der Waals surface area contributed by atoms with Crippen LogP contribution in [0.3, 0.4) is 0 Å². The van der Waals surface area contributed by atoms with Crippen LogP contribution in [0.1, 0.15) is 52.4 Å². The summed E-state index contributed by atoms with van der Waals surface area (Å²) < 4.78 is 0. The van der Waals surface area contributed by atoms with E-state index in [4.69, 9.17) is 0 Å². The molecule has 0 heterocycles. The van der Waals surface area contributed by atoms with Crippen LogP contribution in [0.5, 0.6) is 0 Å². The molecule has 2 aliphatic rings. The Hall–Kier alpha value is 0.310. The van der Waals surface area contributed by atoms with Gasteiger partial charge in [-0.3, -0.25) is 0 Å². The topological polar surface area (TPSA) is 3.24 Å². The molecule has 0 saturated heterocycles. The normalized spacial score (nSPS) is 21.2. The molecule has 0 aromatic heterocycles. The van der Waals surface area contributed by atoms with Crippen molar-refractivity contribution in [3.05, 3.63) is 0 Å². The van der Waals surface area contributed by atoms with Gasteiger partial charge in [-0.25, -0.2) is 0 Å². The number of rotatable bonds is 9. The van der Waals surface area contributed by atoms with Gasteiger partial charge in [0.2, 0.25) is 0 Å². The van der Waals surface area contributed by atoms with Gasteiger partial charge in [0, 0.05) is 19.6 Å². The van der Waals surface area contributed by atoms with Gasteiger partial charge < -0.3 is 4.90 Å². The highest BCUT2D eigenvalue weighted by Gasteiger charge is 2.33. The summed E-state index contributed by atoms with van der Waals surface area (Å²) in [7, 11) is 0. The van der Waals surface area contributed by atoms with Gasteiger partial charge in [0.05, 0.1) is 0 Å². The number of thiol groups is 1. The molecule has 0 unspecified atom stereocenters. The molecule has 100 valence electrons. The van der Waals surface area contributed by atoms with Crippen molar-refractivity contribution in [1.82, 2.24) is 4.90 Å². The van der Waals surface area contributed by atoms with Crippen molar-refractivity contribution in [3.63, 3.8) is 0 Å². The van der Waals surface area contributed by atoms with Gasteiger partial charge in [0.25, 0.3) is 0 Å². The lowest BCUT2D eigenvalue weighted by atomic mass is 9.83. The zero-order chi connectivity index (χ0) is 12.3. The fraction of sp³-hybridized carbons (Fsp3) is 1.00. The smallest absolute Gasteiger partial charge is 0.00458 e. The summed E-state index contributed by atoms with van der Waals surface area (Å²) in [6, 6.07) is 0. The van der Waals surface area contributed by atoms with E-state index in [0.29, 0.717) is 5.41 Å². The molecule has 2 saturated carbocycles. The highest BCUT2D eigenvalue weighted by Crippen LogP contribution is 2.36. The van der Waals surface area contributed by atoms with Crippen molar-refractivity contribution in [2.24, 2.45) is 17.3 Å². The van der Waals surface area contributed by atoms with E-state index in [0.717, 1.165) is 17.6 Å². The fourth-order valence-corrected chi connectivity index (χ4v) is 3.30. The maximum Gasteiger partial charge on any atom is 0.00458 e. The standard InChI is InChI=1S/C15H29NS/c1-3-15(4-2,12-17)11-16(9-13-5-6-13)10-14-7-8-14/h13-14,17H,3-12H2,1-2H3. The summed E-state index contributed by atoms with van der Waals surface area (Å²) in [5.74, 6) is 3.10. The Balaban J connectivity index is 1.87. The summed E-state index contributed by atoms with van der Waals surface area (Å²) in [4.78, 5) is 2.78. The van der Waals surface area contributed by atoms with E-state index < -0.39 is 0 Å². The maximum absolute atomic E-state index is 4.62. The predicted molar refractivity (Wildman–Crippen MR) is 78.8 cm³/mol. The van der Waals surface area contributed by atoms with Gasteiger partial charge in [0.15, 0.2) is 0 Å². The molecule has 0 amide bonds. The Labute approximate surface area is 113 Å². The Morgan fingerprint density at radius 1 is 1.00 bits per heavy atom. The van der Waals surface area contributed by atoms with Crippen LogP contribution in [-0.2, 0) is 0 Å². The molecule has 0 atom stereocenters. The third-order valence-corrected chi connectivity index (χ3v) is 5.49. The van der Waals surface area contributed by atoms with Gasteiger partial charge in [-0.1, -0.05) is 13.8 Å². The van der Waals surface area contributed by atoms with Crippen molar-refractivity contribution in [2.75, 3.05) is 25.4 Å². The molecule has 2 aliphatic carbocycles. The summed E-state index contributed by atoms with van der Waals surface area (Å²) >= 11 is 4.62. The minimum absolute atomic E-state index is 0.465. The third-order valence-electron chi connectivity index (χ3n) is 4.82. The SMILES string of the molecule is CCC(CC)(CS)CN(CC1CC1)CC1CC1. The van der Waals surface area contributed by atoms with Crippen LogP contribution in [-0.4, -0.2) is 30.3 Å². The van der Waals surface area contributed by atoms with Gasteiger partial charge in [-0.15, -0.1) is 0 Å². The van der Waals surface area contributed by atoms with E-state index in [-0.39, 0.29) is 0 Å². The maximum atomic E-state index is 4.62. The van der Waals surface area contributed by atoms with Crippen LogP contribution in [0.2, 0.25) is 0 Å². The monoisotopic (exact) mass is 255 g/mol. The molecule has 0 aliphatic heterocycles. The minimum atomic E-state index is 0.465. The van der Waals surface area contributed by atoms with E-state index in [2.05, 4.69) is 31.4 Å². The lowest BCUT2D eigenvalue weighted by Gasteiger charge is -2.36. The van der Waals surface area contributed by atoms with Crippen LogP contribution in [0.4, 0.5) is 0 Å². The Morgan fingerprint density at radius 3 is 1.76 bits per heavy atom. The van der Waals surface area contributed by atoms with Crippen LogP contribution in [0.15, 0.2) is 0 Å². The van der Waals surface area contributed by atoms with Crippen LogP contribution >= 0.6 is 12.6 Å². The van der Waals surface area contributed by atoms with E-state index in [9.17, 15) is 0 Å². The van der Waals surface area contributed by atoms with Gasteiger partial charge in [-0.2, -0.15) is 12.6 Å². The first-order valence-electron chi connectivity index (χ1n) is 7.54. The van der Waals surface area contributed by atoms with Crippen molar-refractivity contribution in [2.45, 2.75) is 52.4 Å². The number of hydrogen-bond acceptors (Lipinski definition) is 2. The van der Waals surface area contributed by atoms with Crippen molar-refractivity contribution in [1.29, 1.82) is 0 Å². The molecule has 0 spiro atoms. The second-order valence-electron chi connectivity index (χ2n) is 6.45. The second-order valence-corrected chi connectivity index (χ2v) is 6.76. The average Bonchev–Trinajstić information content (AvgIpc) is 3.22. The predicted octanol–water partition coefficient (Wildman–Crippen LogP) is 3.84. The number of hydrogen-bond donors (Lipinski definition) is 1. The van der Waals surface area contributed by atoms with E-state index >= 15 is 0 Å². The van der Waals surface area contributed by atoms with Crippen molar-refractivity contribution in [3.8, 4) is 0 Å². The fourth-order valence-electron chi connectivity index (χ4n) is 2.76. The quantitative estimate of drug-likeness (QED) is 0.613. The first-order valence-corrected chi connectivity index (χ1v) is 8.18. The largest absolute Gasteiger partial charge is 0.302 e. The molecule has 0 aromatic carbocycles. The molecule has 0 bridgehead atoms. The summed E-state index contributed by atoms with van der Waals surface area (Å²) in [6.07, 6.45) is 8.47. The van der Waals surface area contributed by atoms with Crippen LogP contribution < -0.4 is 0 Å². The zero-order valence-corrected chi connectivity index (χ0v) is 12.5. The molecule has 17 heavy (non-hydrogen) atoms. The third kappa shape index (κ3) is 4.17. The molecule has 0 radical (unpaired) electrons. The first-order chi connectivity index (χ1) is 8.21. The molecule has 2 heteroatoms. The first kappa shape index (κ1) is 13.7. The molecular weight excluding hydrogens is 226 g/mol. The van der Waals surface area contributed by atoms with Crippen LogP contribution in [0, 0.1) is 17.3 Å². The van der Waals surface area contributed by atoms with Crippen molar-refractivity contribution >= 4 is 12.6 Å². The van der Waals surface area contributed by atoms with Crippen molar-refractivity contribution < 1.29 is 0 Å². The van der Waals surface area contributed by atoms with Gasteiger partial charge in [-0.05, 0) is 61.5 Å². The Bertz CT molecular complexity index is 207. The lowest BCUT2D eigenvalue weighted by Crippen LogP contribution is -2.40. The molecule has 2 rings (SSSR count). The van der Waals surface area contributed by atoms with E-state index in [1.54, 1.807) is 0 Å². The Morgan fingerprint density at radius 2 is 1.47 bits per heavy atom. The van der Waals surface area contributed by atoms with Crippen LogP contribution in [0.25, 0.3) is 0 Å². The lowest BCUT2D eigenvalue weighted by molar-refractivity contribution is 0.147. The number of nitrogens with zero attached hydrogens (tertiary/aromatic N) is 1. The molecular formula is C15H29NS. The highest BCUT2D eigenvalue weighted by molar-refractivity contribution is 7.80. The Kier molecular flexibility index (Phi) is 4.82. The summed E-state index contributed by atoms with van der Waals surface area (Å²) in [5.41, 5.74) is 0.465. The summed E-state index contributed by atoms with van der Waals surface area (Å²) in [5, 5.41) is 0. The van der Waals surface area contributed by atoms with E-state index in [1.165, 1.54) is 58.2 Å². The van der Waals surface area contributed by atoms with Gasteiger partial charge >= 0.3 is 0 Å². The molecule has 1 nitrogen and oxygen atoms in total. The molecule has 2 fully saturated rings. The van der Waals surface area contributed by atoms with Gasteiger partial charge in [0.1, 0.15) is 0 Å². The summed E-state index contributed by atoms with van der Waals surface area (Å²) in [6.45, 7) is 8.70. The molecule has 0 aromatic rings. The zero-order valence-electron chi connectivity index (χ0n) is 11.6. The highest BCUT2D eigenvalue weighted by atomic mass is 32.1. The minimum Gasteiger partial charge on any atom is -0.302 e. The average molecular weight is 255 g/mol. The second kappa shape index (κ2) is 5.97. The molecule has 0 N–H and O–H groups in total.